The highest BCUT2D eigenvalue weighted by Crippen LogP contribution is 2.38. The minimum absolute atomic E-state index is 0.0174. The van der Waals surface area contributed by atoms with Gasteiger partial charge in [-0.05, 0) is 118 Å². The summed E-state index contributed by atoms with van der Waals surface area (Å²) < 4.78 is 41.6. The number of carbonyl (C=O) groups excluding carboxylic acids is 12. The van der Waals surface area contributed by atoms with Crippen molar-refractivity contribution >= 4 is 82.5 Å². The standard InChI is InChI=1S/C72H110ClF3N12O12/c1-12-46(4)62-69(99)82(7)43-60(91)80(5)44-61(92)84(9)55(39-47-23-15-13-16-24-47)66(96)81(6)42-58(89)77-52(31-29-49-28-30-50(51(73)38-49)72(74,75)76)65(95)88-36-22-27-53(88)64(94)79-71(32-17-18-33-71)70(100)86(11)56(40-48-25-21-26-48)67(97)85(10)57(68(98)87-34-19-14-20-35-87)41-59(90)83(8)54(37-45(2)3)63(93)78-62/h28,30,38,45-48,52-57,62H,12-27,29,31-37,39-44H2,1-11H3,(H,77,89)(H,78,93)(H,79,94)/t46-,52-,53-,54-,55-,56-,57-,62-/m0/s1. The average Bonchev–Trinajstić information content (AvgIpc) is 1.48. The molecule has 100 heavy (non-hydrogen) atoms. The summed E-state index contributed by atoms with van der Waals surface area (Å²) >= 11 is 6.16. The zero-order valence-corrected chi connectivity index (χ0v) is 61.5. The van der Waals surface area contributed by atoms with Gasteiger partial charge in [0.25, 0.3) is 0 Å². The van der Waals surface area contributed by atoms with E-state index in [1.807, 2.05) is 20.8 Å². The molecule has 1 spiro atoms. The van der Waals surface area contributed by atoms with Crippen LogP contribution in [0.4, 0.5) is 13.2 Å². The Morgan fingerprint density at radius 2 is 1.18 bits per heavy atom. The monoisotopic (exact) mass is 1430 g/mol. The fourth-order valence-corrected chi connectivity index (χ4v) is 15.5. The fourth-order valence-electron chi connectivity index (χ4n) is 15.2. The molecule has 3 saturated carbocycles. The van der Waals surface area contributed by atoms with Gasteiger partial charge in [-0.1, -0.05) is 116 Å². The van der Waals surface area contributed by atoms with Gasteiger partial charge in [-0.3, -0.25) is 57.5 Å². The minimum Gasteiger partial charge on any atom is -0.343 e. The van der Waals surface area contributed by atoms with Crippen LogP contribution in [-0.2, 0) is 70.1 Å². The Labute approximate surface area is 593 Å². The Hall–Kier alpha value is -7.06. The largest absolute Gasteiger partial charge is 0.417 e. The van der Waals surface area contributed by atoms with Gasteiger partial charge in [0.2, 0.25) is 70.9 Å². The number of nitrogens with zero attached hydrogens (tertiary/aromatic N) is 9. The van der Waals surface area contributed by atoms with Gasteiger partial charge in [0, 0.05) is 69.0 Å². The maximum Gasteiger partial charge on any atom is 0.417 e. The lowest BCUT2D eigenvalue weighted by Gasteiger charge is -2.42. The van der Waals surface area contributed by atoms with E-state index in [4.69, 9.17) is 11.6 Å². The summed E-state index contributed by atoms with van der Waals surface area (Å²) in [5, 5.41) is 8.16. The molecular weight excluding hydrogens is 1320 g/mol. The molecule has 558 valence electrons. The van der Waals surface area contributed by atoms with E-state index in [0.717, 1.165) is 84.6 Å². The fraction of sp³-hybridized carbons (Fsp3) is 0.750. The first-order valence-corrected chi connectivity index (χ1v) is 36.7. The lowest BCUT2D eigenvalue weighted by molar-refractivity contribution is -0.156. The van der Waals surface area contributed by atoms with Crippen LogP contribution in [0.1, 0.15) is 187 Å². The summed E-state index contributed by atoms with van der Waals surface area (Å²) in [6, 6.07) is -5.52. The number of likely N-dealkylation sites (tertiary alicyclic amines) is 1. The van der Waals surface area contributed by atoms with E-state index in [1.54, 1.807) is 11.8 Å². The summed E-state index contributed by atoms with van der Waals surface area (Å²) in [5.41, 5.74) is -2.33. The number of piperidine rings is 1. The molecule has 7 rings (SSSR count). The molecule has 6 fully saturated rings. The van der Waals surface area contributed by atoms with Crippen LogP contribution in [-0.4, -0.2) is 251 Å². The number of fused-ring (bicyclic) bond motifs is 1. The van der Waals surface area contributed by atoms with Gasteiger partial charge < -0.3 is 60.0 Å². The van der Waals surface area contributed by atoms with Crippen molar-refractivity contribution in [3.63, 3.8) is 0 Å². The third-order valence-corrected chi connectivity index (χ3v) is 22.4. The molecule has 3 heterocycles. The molecule has 3 saturated heterocycles. The Morgan fingerprint density at radius 1 is 0.600 bits per heavy atom. The van der Waals surface area contributed by atoms with Gasteiger partial charge in [-0.25, -0.2) is 0 Å². The third-order valence-electron chi connectivity index (χ3n) is 22.1. The lowest BCUT2D eigenvalue weighted by Crippen LogP contribution is -2.64. The van der Waals surface area contributed by atoms with E-state index < -0.39 is 167 Å². The number of hydrogen-bond acceptors (Lipinski definition) is 12. The van der Waals surface area contributed by atoms with Crippen molar-refractivity contribution in [1.29, 1.82) is 0 Å². The number of amides is 12. The molecule has 0 aromatic heterocycles. The van der Waals surface area contributed by atoms with Crippen LogP contribution in [0.3, 0.4) is 0 Å². The smallest absolute Gasteiger partial charge is 0.343 e. The number of likely N-dealkylation sites (N-methyl/N-ethyl adjacent to an activating group) is 7. The summed E-state index contributed by atoms with van der Waals surface area (Å²) in [5.74, 6) is -8.30. The topological polar surface area (TPSA) is 270 Å². The number of alkyl halides is 3. The van der Waals surface area contributed by atoms with Gasteiger partial charge in [0.15, 0.2) is 0 Å². The number of nitrogens with one attached hydrogen (secondary N) is 3. The van der Waals surface area contributed by atoms with E-state index >= 15 is 28.8 Å². The molecule has 0 unspecified atom stereocenters. The van der Waals surface area contributed by atoms with Crippen LogP contribution in [0.5, 0.6) is 0 Å². The molecule has 12 amide bonds. The average molecular weight is 1430 g/mol. The summed E-state index contributed by atoms with van der Waals surface area (Å²) in [4.78, 5) is 190. The SMILES string of the molecule is CC[C@H](C)[C@@H]1NC(=O)[C@H](CC(C)C)N(C)C(=O)C[C@@H](C(=O)N2CCCCC2)N(C)C(=O)[C@H](CC2CCC2)N(C)C(=O)C2(CCCC2)NC(=O)[C@@H]2CCCN2C(=O)[C@H](CCc2ccc(C(F)(F)F)c(Cl)c2)NC(=O)CN(C)C(=O)[C@H](CC2CCCCC2)N(C)C(=O)CN(C)C(=O)CN(C)C1=O. The summed E-state index contributed by atoms with van der Waals surface area (Å²) in [6.07, 6.45) is 6.28. The highest BCUT2D eigenvalue weighted by atomic mass is 35.5. The Morgan fingerprint density at radius 3 is 1.76 bits per heavy atom. The van der Waals surface area contributed by atoms with Crippen LogP contribution in [0.15, 0.2) is 18.2 Å². The van der Waals surface area contributed by atoms with Crippen molar-refractivity contribution in [3.8, 4) is 0 Å². The number of hydrogen-bond donors (Lipinski definition) is 3. The predicted octanol–water partition coefficient (Wildman–Crippen LogP) is 6.03. The number of benzene rings is 1. The van der Waals surface area contributed by atoms with Crippen molar-refractivity contribution in [1.82, 2.24) is 60.0 Å². The van der Waals surface area contributed by atoms with Crippen molar-refractivity contribution in [3.05, 3.63) is 34.3 Å². The van der Waals surface area contributed by atoms with Crippen LogP contribution >= 0.6 is 11.6 Å². The first kappa shape index (κ1) is 80.3. The molecule has 0 bridgehead atoms. The maximum atomic E-state index is 15.6. The molecule has 8 atom stereocenters. The Balaban J connectivity index is 1.28. The second-order valence-corrected chi connectivity index (χ2v) is 30.3. The summed E-state index contributed by atoms with van der Waals surface area (Å²) in [7, 11) is 9.98. The first-order valence-electron chi connectivity index (χ1n) is 36.3. The molecule has 24 nitrogen and oxygen atoms in total. The molecule has 0 radical (unpaired) electrons. The van der Waals surface area contributed by atoms with Crippen molar-refractivity contribution in [2.75, 3.05) is 88.6 Å². The number of halogens is 4. The molecule has 3 aliphatic heterocycles. The van der Waals surface area contributed by atoms with Gasteiger partial charge >= 0.3 is 6.18 Å². The van der Waals surface area contributed by atoms with Crippen molar-refractivity contribution < 1.29 is 70.7 Å². The van der Waals surface area contributed by atoms with Gasteiger partial charge in [0.1, 0.15) is 47.8 Å². The third kappa shape index (κ3) is 20.2. The molecular formula is C72H110ClF3N12O12. The van der Waals surface area contributed by atoms with E-state index in [9.17, 15) is 41.9 Å². The molecule has 28 heteroatoms. The molecule has 3 N–H and O–H groups in total. The highest BCUT2D eigenvalue weighted by Gasteiger charge is 2.51. The maximum absolute atomic E-state index is 15.6. The highest BCUT2D eigenvalue weighted by molar-refractivity contribution is 6.31. The Kier molecular flexibility index (Phi) is 28.7. The molecule has 1 aromatic carbocycles. The number of aryl methyl sites for hydroxylation is 1. The van der Waals surface area contributed by atoms with Gasteiger partial charge in [-0.2, -0.15) is 13.2 Å². The summed E-state index contributed by atoms with van der Waals surface area (Å²) in [6.45, 7) is 6.46. The second-order valence-electron chi connectivity index (χ2n) is 29.9. The quantitative estimate of drug-likeness (QED) is 0.216. The van der Waals surface area contributed by atoms with E-state index in [1.165, 1.54) is 79.9 Å². The van der Waals surface area contributed by atoms with Gasteiger partial charge in [0.05, 0.1) is 36.6 Å². The van der Waals surface area contributed by atoms with Crippen LogP contribution in [0, 0.1) is 23.7 Å². The molecule has 1 aromatic rings. The number of carbonyl (C=O) groups is 12. The normalized spacial score (nSPS) is 26.7. The van der Waals surface area contributed by atoms with Gasteiger partial charge in [-0.15, -0.1) is 0 Å². The van der Waals surface area contributed by atoms with E-state index in [0.29, 0.717) is 57.2 Å². The van der Waals surface area contributed by atoms with E-state index in [-0.39, 0.29) is 75.7 Å². The van der Waals surface area contributed by atoms with Crippen LogP contribution in [0.2, 0.25) is 5.02 Å². The predicted molar refractivity (Wildman–Crippen MR) is 369 cm³/mol. The van der Waals surface area contributed by atoms with Crippen molar-refractivity contribution in [2.45, 2.75) is 236 Å². The molecule has 3 aliphatic carbocycles. The van der Waals surface area contributed by atoms with Crippen LogP contribution in [0.25, 0.3) is 0 Å². The zero-order chi connectivity index (χ0) is 73.7. The molecule has 6 aliphatic rings. The Bertz CT molecular complexity index is 3120. The second kappa shape index (κ2) is 35.7. The minimum atomic E-state index is -4.76. The van der Waals surface area contributed by atoms with E-state index in [2.05, 4.69) is 16.0 Å². The van der Waals surface area contributed by atoms with Crippen LogP contribution < -0.4 is 16.0 Å². The number of rotatable bonds is 12. The first-order chi connectivity index (χ1) is 47.2. The lowest BCUT2D eigenvalue weighted by atomic mass is 9.80. The van der Waals surface area contributed by atoms with Crippen molar-refractivity contribution in [2.24, 2.45) is 23.7 Å². The zero-order valence-electron chi connectivity index (χ0n) is 60.7.